The number of piperidine rings is 1. The van der Waals surface area contributed by atoms with Crippen molar-refractivity contribution in [3.63, 3.8) is 0 Å². The average molecular weight is 393 g/mol. The average Bonchev–Trinajstić information content (AvgIpc) is 3.39. The van der Waals surface area contributed by atoms with Crippen molar-refractivity contribution < 1.29 is 9.53 Å². The number of likely N-dealkylation sites (tertiary alicyclic amines) is 1. The first-order valence-corrected chi connectivity index (χ1v) is 10.7. The quantitative estimate of drug-likeness (QED) is 0.732. The van der Waals surface area contributed by atoms with Gasteiger partial charge in [0.05, 0.1) is 6.04 Å². The second-order valence-electron chi connectivity index (χ2n) is 8.34. The van der Waals surface area contributed by atoms with Crippen molar-refractivity contribution in [1.82, 2.24) is 19.4 Å². The number of aromatic amines is 1. The number of carbonyl (C=O) groups is 1. The number of ether oxygens (including phenoxy) is 1. The van der Waals surface area contributed by atoms with Gasteiger partial charge in [0.15, 0.2) is 0 Å². The van der Waals surface area contributed by atoms with Gasteiger partial charge in [0.1, 0.15) is 5.82 Å². The number of hydrogen-bond donors (Lipinski definition) is 1. The summed E-state index contributed by atoms with van der Waals surface area (Å²) in [7, 11) is 0. The second-order valence-corrected chi connectivity index (χ2v) is 8.34. The summed E-state index contributed by atoms with van der Waals surface area (Å²) in [5.41, 5.74) is 3.03. The first-order chi connectivity index (χ1) is 14.2. The van der Waals surface area contributed by atoms with Crippen LogP contribution in [-0.2, 0) is 4.74 Å². The number of nitrogens with zero attached hydrogens (tertiary/aromatic N) is 3. The fraction of sp³-hybridized carbons (Fsp3) is 0.478. The van der Waals surface area contributed by atoms with Crippen LogP contribution in [0, 0.1) is 6.92 Å². The molecule has 0 radical (unpaired) electrons. The normalized spacial score (nSPS) is 21.0. The molecular formula is C23H28N4O2. The van der Waals surface area contributed by atoms with Gasteiger partial charge in [-0.3, -0.25) is 4.79 Å². The second kappa shape index (κ2) is 7.67. The van der Waals surface area contributed by atoms with Crippen molar-refractivity contribution in [3.05, 3.63) is 53.7 Å². The van der Waals surface area contributed by atoms with Gasteiger partial charge >= 0.3 is 0 Å². The van der Waals surface area contributed by atoms with Crippen LogP contribution in [-0.4, -0.2) is 51.6 Å². The van der Waals surface area contributed by atoms with E-state index in [0.717, 1.165) is 68.5 Å². The minimum absolute atomic E-state index is 0.128. The highest BCUT2D eigenvalue weighted by Gasteiger charge is 2.30. The van der Waals surface area contributed by atoms with Crippen LogP contribution in [0.1, 0.15) is 59.5 Å². The lowest BCUT2D eigenvalue weighted by atomic mass is 9.97. The molecule has 1 N–H and O–H groups in total. The van der Waals surface area contributed by atoms with Crippen LogP contribution in [0.3, 0.4) is 0 Å². The third kappa shape index (κ3) is 3.46. The Bertz CT molecular complexity index is 1010. The summed E-state index contributed by atoms with van der Waals surface area (Å²) in [5.74, 6) is 1.77. The van der Waals surface area contributed by atoms with E-state index >= 15 is 0 Å². The van der Waals surface area contributed by atoms with E-state index in [-0.39, 0.29) is 5.91 Å². The molecule has 2 saturated heterocycles. The van der Waals surface area contributed by atoms with Gasteiger partial charge in [-0.1, -0.05) is 0 Å². The van der Waals surface area contributed by atoms with E-state index in [1.54, 1.807) is 0 Å². The van der Waals surface area contributed by atoms with E-state index < -0.39 is 0 Å². The van der Waals surface area contributed by atoms with Crippen molar-refractivity contribution in [1.29, 1.82) is 0 Å². The molecule has 0 spiro atoms. The van der Waals surface area contributed by atoms with Crippen LogP contribution in [0.2, 0.25) is 0 Å². The summed E-state index contributed by atoms with van der Waals surface area (Å²) < 4.78 is 7.95. The molecule has 5 rings (SSSR count). The van der Waals surface area contributed by atoms with Gasteiger partial charge in [0.25, 0.3) is 5.91 Å². The van der Waals surface area contributed by atoms with E-state index in [4.69, 9.17) is 9.72 Å². The highest BCUT2D eigenvalue weighted by Crippen LogP contribution is 2.32. The van der Waals surface area contributed by atoms with E-state index in [2.05, 4.69) is 16.5 Å². The number of imidazole rings is 1. The maximum absolute atomic E-state index is 13.2. The minimum Gasteiger partial charge on any atom is -0.381 e. The third-order valence-electron chi connectivity index (χ3n) is 6.45. The van der Waals surface area contributed by atoms with E-state index in [0.29, 0.717) is 12.0 Å². The smallest absolute Gasteiger partial charge is 0.253 e. The SMILES string of the molecule is Cc1cnc(C2CCOCC2)n1C1CCCN(C(=O)c2ccc3[nH]ccc3c2)C1. The zero-order chi connectivity index (χ0) is 19.8. The van der Waals surface area contributed by atoms with Crippen molar-refractivity contribution in [2.24, 2.45) is 0 Å². The molecule has 29 heavy (non-hydrogen) atoms. The number of H-pyrrole nitrogens is 1. The summed E-state index contributed by atoms with van der Waals surface area (Å²) in [6.45, 7) is 5.33. The molecule has 1 amide bonds. The molecule has 0 aliphatic carbocycles. The van der Waals surface area contributed by atoms with Gasteiger partial charge in [-0.05, 0) is 56.9 Å². The maximum atomic E-state index is 13.2. The molecular weight excluding hydrogens is 364 g/mol. The Hall–Kier alpha value is -2.60. The Kier molecular flexibility index (Phi) is 4.87. The molecule has 1 unspecified atom stereocenters. The number of amides is 1. The molecule has 6 heteroatoms. The molecule has 2 aromatic heterocycles. The van der Waals surface area contributed by atoms with Gasteiger partial charge in [-0.15, -0.1) is 0 Å². The van der Waals surface area contributed by atoms with Crippen LogP contribution < -0.4 is 0 Å². The summed E-state index contributed by atoms with van der Waals surface area (Å²) >= 11 is 0. The number of hydrogen-bond acceptors (Lipinski definition) is 3. The maximum Gasteiger partial charge on any atom is 0.253 e. The number of fused-ring (bicyclic) bond motifs is 1. The molecule has 6 nitrogen and oxygen atoms in total. The van der Waals surface area contributed by atoms with E-state index in [1.807, 2.05) is 41.6 Å². The lowest BCUT2D eigenvalue weighted by Crippen LogP contribution is -2.41. The van der Waals surface area contributed by atoms with E-state index in [9.17, 15) is 4.79 Å². The van der Waals surface area contributed by atoms with Crippen LogP contribution >= 0.6 is 0 Å². The van der Waals surface area contributed by atoms with Gasteiger partial charge in [0, 0.05) is 66.8 Å². The Morgan fingerprint density at radius 2 is 2.07 bits per heavy atom. The molecule has 152 valence electrons. The molecule has 2 aliphatic rings. The highest BCUT2D eigenvalue weighted by atomic mass is 16.5. The molecule has 1 aromatic carbocycles. The molecule has 2 fully saturated rings. The Morgan fingerprint density at radius 3 is 2.93 bits per heavy atom. The highest BCUT2D eigenvalue weighted by molar-refractivity contribution is 5.98. The number of nitrogens with one attached hydrogen (secondary N) is 1. The number of aryl methyl sites for hydroxylation is 1. The number of rotatable bonds is 3. The molecule has 4 heterocycles. The summed E-state index contributed by atoms with van der Waals surface area (Å²) in [6, 6.07) is 8.23. The topological polar surface area (TPSA) is 63.1 Å². The van der Waals surface area contributed by atoms with Crippen LogP contribution in [0.4, 0.5) is 0 Å². The summed E-state index contributed by atoms with van der Waals surface area (Å²) in [6.07, 6.45) is 8.08. The summed E-state index contributed by atoms with van der Waals surface area (Å²) in [4.78, 5) is 23.2. The summed E-state index contributed by atoms with van der Waals surface area (Å²) in [5, 5.41) is 1.08. The molecule has 2 aliphatic heterocycles. The zero-order valence-corrected chi connectivity index (χ0v) is 16.9. The van der Waals surface area contributed by atoms with Crippen molar-refractivity contribution in [2.75, 3.05) is 26.3 Å². The minimum atomic E-state index is 0.128. The monoisotopic (exact) mass is 392 g/mol. The van der Waals surface area contributed by atoms with Crippen molar-refractivity contribution in [3.8, 4) is 0 Å². The number of aromatic nitrogens is 3. The zero-order valence-electron chi connectivity index (χ0n) is 16.9. The van der Waals surface area contributed by atoms with Crippen LogP contribution in [0.15, 0.2) is 36.7 Å². The van der Waals surface area contributed by atoms with E-state index in [1.165, 1.54) is 11.5 Å². The van der Waals surface area contributed by atoms with Crippen LogP contribution in [0.5, 0.6) is 0 Å². The predicted octanol–water partition coefficient (Wildman–Crippen LogP) is 4.04. The van der Waals surface area contributed by atoms with Gasteiger partial charge < -0.3 is 19.2 Å². The third-order valence-corrected chi connectivity index (χ3v) is 6.45. The standard InChI is InChI=1S/C23H28N4O2/c1-16-14-25-22(17-7-11-29-12-8-17)27(16)20-3-2-10-26(15-20)23(28)19-4-5-21-18(13-19)6-9-24-21/h4-6,9,13-14,17,20,24H,2-3,7-8,10-12,15H2,1H3. The lowest BCUT2D eigenvalue weighted by molar-refractivity contribution is 0.0666. The van der Waals surface area contributed by atoms with Crippen molar-refractivity contribution in [2.45, 2.75) is 44.6 Å². The van der Waals surface area contributed by atoms with Gasteiger partial charge in [-0.2, -0.15) is 0 Å². The number of carbonyl (C=O) groups excluding carboxylic acids is 1. The fourth-order valence-corrected chi connectivity index (χ4v) is 4.92. The lowest BCUT2D eigenvalue weighted by Gasteiger charge is -2.36. The Labute approximate surface area is 170 Å². The first-order valence-electron chi connectivity index (χ1n) is 10.7. The van der Waals surface area contributed by atoms with Gasteiger partial charge in [-0.25, -0.2) is 4.98 Å². The largest absolute Gasteiger partial charge is 0.381 e. The van der Waals surface area contributed by atoms with Crippen molar-refractivity contribution >= 4 is 16.8 Å². The Morgan fingerprint density at radius 1 is 1.21 bits per heavy atom. The predicted molar refractivity (Wildman–Crippen MR) is 112 cm³/mol. The molecule has 0 bridgehead atoms. The fourth-order valence-electron chi connectivity index (χ4n) is 4.92. The Balaban J connectivity index is 1.38. The molecule has 1 atom stereocenters. The first kappa shape index (κ1) is 18.4. The van der Waals surface area contributed by atoms with Crippen LogP contribution in [0.25, 0.3) is 10.9 Å². The number of benzene rings is 1. The molecule has 0 saturated carbocycles. The molecule has 3 aromatic rings. The van der Waals surface area contributed by atoms with Gasteiger partial charge in [0.2, 0.25) is 0 Å².